The molecule has 2 aliphatic heterocycles. The number of nitrogens with zero attached hydrogens (tertiary/aromatic N) is 4. The van der Waals surface area contributed by atoms with E-state index in [1.807, 2.05) is 36.4 Å². The fourth-order valence-corrected chi connectivity index (χ4v) is 4.40. The predicted molar refractivity (Wildman–Crippen MR) is 122 cm³/mol. The molecule has 2 fully saturated rings. The minimum absolute atomic E-state index is 0.0166. The van der Waals surface area contributed by atoms with Crippen LogP contribution >= 0.6 is 0 Å². The number of carbonyl (C=O) groups excluding carboxylic acids is 2. The van der Waals surface area contributed by atoms with E-state index in [1.54, 1.807) is 11.8 Å². The standard InChI is InChI=1S/C24H31N5O2/c1-18(30)28-15-11-19(12-16-28)24(31)25-21-8-6-7-20(17-21)22-9-10-23(27-26-22)29-13-4-2-3-5-14-29/h6-10,17,19H,2-5,11-16H2,1H3,(H,25,31). The molecule has 4 rings (SSSR count). The lowest BCUT2D eigenvalue weighted by molar-refractivity contribution is -0.132. The largest absolute Gasteiger partial charge is 0.355 e. The van der Waals surface area contributed by atoms with E-state index in [-0.39, 0.29) is 17.7 Å². The number of piperidine rings is 1. The number of aromatic nitrogens is 2. The summed E-state index contributed by atoms with van der Waals surface area (Å²) in [6.45, 7) is 4.95. The summed E-state index contributed by atoms with van der Waals surface area (Å²) in [5.74, 6) is 0.969. The van der Waals surface area contributed by atoms with E-state index < -0.39 is 0 Å². The molecule has 31 heavy (non-hydrogen) atoms. The number of likely N-dealkylation sites (tertiary alicyclic amines) is 1. The third-order valence-corrected chi connectivity index (χ3v) is 6.32. The number of benzene rings is 1. The van der Waals surface area contributed by atoms with E-state index in [4.69, 9.17) is 0 Å². The lowest BCUT2D eigenvalue weighted by Gasteiger charge is -2.30. The SMILES string of the molecule is CC(=O)N1CCC(C(=O)Nc2cccc(-c3ccc(N4CCCCCC4)nn3)c2)CC1. The summed E-state index contributed by atoms with van der Waals surface area (Å²) in [5.41, 5.74) is 2.48. The molecule has 7 nitrogen and oxygen atoms in total. The van der Waals surface area contributed by atoms with Gasteiger partial charge in [0.05, 0.1) is 5.69 Å². The fourth-order valence-electron chi connectivity index (χ4n) is 4.40. The second kappa shape index (κ2) is 9.90. The Balaban J connectivity index is 1.39. The van der Waals surface area contributed by atoms with E-state index in [0.29, 0.717) is 25.9 Å². The Labute approximate surface area is 183 Å². The average molecular weight is 422 g/mol. The quantitative estimate of drug-likeness (QED) is 0.814. The first-order valence-electron chi connectivity index (χ1n) is 11.4. The normalized spacial score (nSPS) is 17.8. The van der Waals surface area contributed by atoms with Gasteiger partial charge in [-0.25, -0.2) is 0 Å². The van der Waals surface area contributed by atoms with Crippen molar-refractivity contribution >= 4 is 23.3 Å². The van der Waals surface area contributed by atoms with Gasteiger partial charge in [0.1, 0.15) is 0 Å². The van der Waals surface area contributed by atoms with Crippen LogP contribution in [0.15, 0.2) is 36.4 Å². The molecule has 0 bridgehead atoms. The van der Waals surface area contributed by atoms with Crippen LogP contribution in [0.25, 0.3) is 11.3 Å². The smallest absolute Gasteiger partial charge is 0.227 e. The monoisotopic (exact) mass is 421 g/mol. The van der Waals surface area contributed by atoms with Crippen molar-refractivity contribution in [2.45, 2.75) is 45.4 Å². The minimum atomic E-state index is -0.0630. The van der Waals surface area contributed by atoms with Crippen LogP contribution < -0.4 is 10.2 Å². The van der Waals surface area contributed by atoms with E-state index in [1.165, 1.54) is 25.7 Å². The van der Waals surface area contributed by atoms with E-state index in [2.05, 4.69) is 20.4 Å². The zero-order valence-corrected chi connectivity index (χ0v) is 18.2. The molecule has 164 valence electrons. The van der Waals surface area contributed by atoms with Crippen molar-refractivity contribution in [2.24, 2.45) is 5.92 Å². The molecule has 2 aliphatic rings. The van der Waals surface area contributed by atoms with Crippen LogP contribution in [0.3, 0.4) is 0 Å². The van der Waals surface area contributed by atoms with Gasteiger partial charge in [-0.3, -0.25) is 9.59 Å². The molecule has 2 aromatic rings. The van der Waals surface area contributed by atoms with Gasteiger partial charge in [-0.05, 0) is 49.9 Å². The topological polar surface area (TPSA) is 78.4 Å². The molecule has 0 unspecified atom stereocenters. The van der Waals surface area contributed by atoms with Crippen LogP contribution in [0.2, 0.25) is 0 Å². The van der Waals surface area contributed by atoms with Crippen LogP contribution in [0, 0.1) is 5.92 Å². The molecule has 7 heteroatoms. The first-order chi connectivity index (χ1) is 15.1. The van der Waals surface area contributed by atoms with E-state index >= 15 is 0 Å². The molecule has 1 aromatic carbocycles. The molecule has 2 amide bonds. The lowest BCUT2D eigenvalue weighted by Crippen LogP contribution is -2.40. The van der Waals surface area contributed by atoms with Crippen LogP contribution in [-0.4, -0.2) is 53.1 Å². The molecule has 1 aromatic heterocycles. The summed E-state index contributed by atoms with van der Waals surface area (Å²) in [4.78, 5) is 28.3. The van der Waals surface area contributed by atoms with Crippen LogP contribution in [0.4, 0.5) is 11.5 Å². The highest BCUT2D eigenvalue weighted by Gasteiger charge is 2.26. The Morgan fingerprint density at radius 3 is 2.32 bits per heavy atom. The molecule has 1 N–H and O–H groups in total. The molecule has 0 spiro atoms. The molecular weight excluding hydrogens is 390 g/mol. The molecule has 0 atom stereocenters. The van der Waals surface area contributed by atoms with Crippen molar-refractivity contribution in [1.82, 2.24) is 15.1 Å². The van der Waals surface area contributed by atoms with Crippen LogP contribution in [-0.2, 0) is 9.59 Å². The minimum Gasteiger partial charge on any atom is -0.355 e. The number of anilines is 2. The maximum absolute atomic E-state index is 12.7. The fraction of sp³-hybridized carbons (Fsp3) is 0.500. The van der Waals surface area contributed by atoms with Gasteiger partial charge in [0.15, 0.2) is 5.82 Å². The van der Waals surface area contributed by atoms with Crippen molar-refractivity contribution < 1.29 is 9.59 Å². The van der Waals surface area contributed by atoms with Crippen molar-refractivity contribution in [3.05, 3.63) is 36.4 Å². The Morgan fingerprint density at radius 2 is 1.68 bits per heavy atom. The van der Waals surface area contributed by atoms with Crippen LogP contribution in [0.1, 0.15) is 45.4 Å². The van der Waals surface area contributed by atoms with Gasteiger partial charge in [-0.2, -0.15) is 0 Å². The second-order valence-corrected chi connectivity index (χ2v) is 8.53. The first-order valence-corrected chi connectivity index (χ1v) is 11.4. The third kappa shape index (κ3) is 5.40. The van der Waals surface area contributed by atoms with Gasteiger partial charge in [0.2, 0.25) is 11.8 Å². The zero-order chi connectivity index (χ0) is 21.6. The molecule has 3 heterocycles. The van der Waals surface area contributed by atoms with Crippen molar-refractivity contribution in [3.63, 3.8) is 0 Å². The maximum Gasteiger partial charge on any atom is 0.227 e. The zero-order valence-electron chi connectivity index (χ0n) is 18.2. The number of amides is 2. The summed E-state index contributed by atoms with van der Waals surface area (Å²) in [7, 11) is 0. The Hall–Kier alpha value is -2.96. The molecule has 2 saturated heterocycles. The van der Waals surface area contributed by atoms with Crippen molar-refractivity contribution in [1.29, 1.82) is 0 Å². The second-order valence-electron chi connectivity index (χ2n) is 8.53. The maximum atomic E-state index is 12.7. The molecule has 0 radical (unpaired) electrons. The number of hydrogen-bond donors (Lipinski definition) is 1. The Morgan fingerprint density at radius 1 is 0.935 bits per heavy atom. The highest BCUT2D eigenvalue weighted by Crippen LogP contribution is 2.25. The number of hydrogen-bond acceptors (Lipinski definition) is 5. The molecular formula is C24H31N5O2. The number of rotatable bonds is 4. The Bertz CT molecular complexity index is 898. The van der Waals surface area contributed by atoms with E-state index in [9.17, 15) is 9.59 Å². The average Bonchev–Trinajstić information content (AvgIpc) is 3.09. The van der Waals surface area contributed by atoms with Gasteiger partial charge < -0.3 is 15.1 Å². The third-order valence-electron chi connectivity index (χ3n) is 6.32. The van der Waals surface area contributed by atoms with Crippen molar-refractivity contribution in [2.75, 3.05) is 36.4 Å². The van der Waals surface area contributed by atoms with Crippen LogP contribution in [0.5, 0.6) is 0 Å². The highest BCUT2D eigenvalue weighted by molar-refractivity contribution is 5.93. The Kier molecular flexibility index (Phi) is 6.79. The van der Waals surface area contributed by atoms with Gasteiger partial charge in [-0.1, -0.05) is 25.0 Å². The predicted octanol–water partition coefficient (Wildman–Crippen LogP) is 3.72. The summed E-state index contributed by atoms with van der Waals surface area (Å²) >= 11 is 0. The van der Waals surface area contributed by atoms with Crippen molar-refractivity contribution in [3.8, 4) is 11.3 Å². The van der Waals surface area contributed by atoms with Gasteiger partial charge in [0.25, 0.3) is 0 Å². The summed E-state index contributed by atoms with van der Waals surface area (Å²) < 4.78 is 0. The lowest BCUT2D eigenvalue weighted by atomic mass is 9.95. The summed E-state index contributed by atoms with van der Waals surface area (Å²) in [6, 6.07) is 11.8. The highest BCUT2D eigenvalue weighted by atomic mass is 16.2. The molecule has 0 aliphatic carbocycles. The summed E-state index contributed by atoms with van der Waals surface area (Å²) in [6.07, 6.45) is 6.40. The van der Waals surface area contributed by atoms with E-state index in [0.717, 1.165) is 35.9 Å². The first kappa shape index (κ1) is 21.3. The molecule has 0 saturated carbocycles. The van der Waals surface area contributed by atoms with Gasteiger partial charge >= 0.3 is 0 Å². The van der Waals surface area contributed by atoms with Gasteiger partial charge in [-0.15, -0.1) is 10.2 Å². The number of carbonyl (C=O) groups is 2. The van der Waals surface area contributed by atoms with Gasteiger partial charge in [0, 0.05) is 50.3 Å². The number of nitrogens with one attached hydrogen (secondary N) is 1. The summed E-state index contributed by atoms with van der Waals surface area (Å²) in [5, 5.41) is 11.9.